The summed E-state index contributed by atoms with van der Waals surface area (Å²) in [4.78, 5) is 23.4. The molecule has 0 unspecified atom stereocenters. The van der Waals surface area contributed by atoms with Gasteiger partial charge in [0.15, 0.2) is 5.60 Å². The molecule has 0 spiro atoms. The molecule has 0 saturated carbocycles. The molecule has 0 atom stereocenters. The van der Waals surface area contributed by atoms with Crippen molar-refractivity contribution in [2.75, 3.05) is 5.32 Å². The van der Waals surface area contributed by atoms with Crippen LogP contribution in [0, 0.1) is 0 Å². The number of aromatic carboxylic acids is 1. The molecule has 0 fully saturated rings. The van der Waals surface area contributed by atoms with Crippen LogP contribution in [0.1, 0.15) is 24.2 Å². The lowest BCUT2D eigenvalue weighted by molar-refractivity contribution is -0.128. The molecule has 2 rings (SSSR count). The number of benzene rings is 2. The van der Waals surface area contributed by atoms with E-state index in [-0.39, 0.29) is 17.0 Å². The third-order valence-corrected chi connectivity index (χ3v) is 3.48. The lowest BCUT2D eigenvalue weighted by Gasteiger charge is -2.25. The van der Waals surface area contributed by atoms with Gasteiger partial charge in [-0.25, -0.2) is 4.79 Å². The van der Waals surface area contributed by atoms with Crippen LogP contribution in [-0.4, -0.2) is 27.7 Å². The Labute approximate surface area is 143 Å². The number of halogens is 1. The van der Waals surface area contributed by atoms with Gasteiger partial charge in [0.2, 0.25) is 0 Å². The van der Waals surface area contributed by atoms with Crippen LogP contribution in [0.4, 0.5) is 5.69 Å². The summed E-state index contributed by atoms with van der Waals surface area (Å²) in [7, 11) is 0. The molecular weight excluding hydrogens is 334 g/mol. The summed E-state index contributed by atoms with van der Waals surface area (Å²) in [6.45, 7) is 3.10. The van der Waals surface area contributed by atoms with Crippen LogP contribution in [0.3, 0.4) is 0 Å². The number of carboxylic acids is 1. The maximum atomic E-state index is 12.4. The molecule has 1 amide bonds. The first-order chi connectivity index (χ1) is 11.2. The summed E-state index contributed by atoms with van der Waals surface area (Å²) in [5.41, 5.74) is -1.33. The molecule has 0 aromatic heterocycles. The Morgan fingerprint density at radius 2 is 1.75 bits per heavy atom. The number of ether oxygens (including phenoxy) is 1. The minimum atomic E-state index is -1.26. The molecule has 126 valence electrons. The third-order valence-electron chi connectivity index (χ3n) is 3.23. The van der Waals surface area contributed by atoms with E-state index >= 15 is 0 Å². The molecule has 0 aliphatic carbocycles. The van der Waals surface area contributed by atoms with Gasteiger partial charge in [0.25, 0.3) is 5.91 Å². The van der Waals surface area contributed by atoms with E-state index in [2.05, 4.69) is 5.32 Å². The fourth-order valence-corrected chi connectivity index (χ4v) is 2.01. The number of aromatic hydroxyl groups is 1. The predicted octanol–water partition coefficient (Wildman–Crippen LogP) is 3.54. The van der Waals surface area contributed by atoms with Crippen LogP contribution in [0.15, 0.2) is 42.5 Å². The van der Waals surface area contributed by atoms with E-state index in [1.165, 1.54) is 18.2 Å². The SMILES string of the molecule is CC(C)(Oc1ccc(Cl)cc1)C(=O)Nc1cc(C(=O)O)ccc1O. The lowest BCUT2D eigenvalue weighted by Crippen LogP contribution is -2.42. The molecule has 2 aromatic rings. The summed E-state index contributed by atoms with van der Waals surface area (Å²) in [5, 5.41) is 21.8. The van der Waals surface area contributed by atoms with Crippen molar-refractivity contribution >= 4 is 29.2 Å². The fourth-order valence-electron chi connectivity index (χ4n) is 1.89. The topological polar surface area (TPSA) is 95.9 Å². The molecular formula is C17H16ClNO5. The van der Waals surface area contributed by atoms with Gasteiger partial charge >= 0.3 is 5.97 Å². The molecule has 0 bridgehead atoms. The second-order valence-corrected chi connectivity index (χ2v) is 5.99. The van der Waals surface area contributed by atoms with E-state index in [0.717, 1.165) is 0 Å². The van der Waals surface area contributed by atoms with E-state index in [0.29, 0.717) is 10.8 Å². The van der Waals surface area contributed by atoms with E-state index in [9.17, 15) is 14.7 Å². The number of rotatable bonds is 5. The van der Waals surface area contributed by atoms with Crippen molar-refractivity contribution in [3.63, 3.8) is 0 Å². The minimum Gasteiger partial charge on any atom is -0.506 e. The third kappa shape index (κ3) is 4.17. The number of hydrogen-bond donors (Lipinski definition) is 3. The zero-order valence-corrected chi connectivity index (χ0v) is 13.8. The van der Waals surface area contributed by atoms with Crippen LogP contribution in [0.25, 0.3) is 0 Å². The second-order valence-electron chi connectivity index (χ2n) is 5.56. The van der Waals surface area contributed by atoms with Crippen molar-refractivity contribution in [1.29, 1.82) is 0 Å². The summed E-state index contributed by atoms with van der Waals surface area (Å²) in [6, 6.07) is 10.1. The lowest BCUT2D eigenvalue weighted by atomic mass is 10.1. The fraction of sp³-hybridized carbons (Fsp3) is 0.176. The molecule has 3 N–H and O–H groups in total. The number of phenols is 1. The van der Waals surface area contributed by atoms with Crippen molar-refractivity contribution in [3.8, 4) is 11.5 Å². The number of phenolic OH excluding ortho intramolecular Hbond substituents is 1. The average molecular weight is 350 g/mol. The molecule has 24 heavy (non-hydrogen) atoms. The monoisotopic (exact) mass is 349 g/mol. The Morgan fingerprint density at radius 1 is 1.12 bits per heavy atom. The van der Waals surface area contributed by atoms with E-state index < -0.39 is 17.5 Å². The number of anilines is 1. The number of nitrogens with one attached hydrogen (secondary N) is 1. The predicted molar refractivity (Wildman–Crippen MR) is 89.9 cm³/mol. The van der Waals surface area contributed by atoms with Crippen LogP contribution < -0.4 is 10.1 Å². The van der Waals surface area contributed by atoms with Gasteiger partial charge in [0.05, 0.1) is 11.3 Å². The smallest absolute Gasteiger partial charge is 0.335 e. The van der Waals surface area contributed by atoms with Crippen molar-refractivity contribution in [1.82, 2.24) is 0 Å². The molecule has 2 aromatic carbocycles. The Morgan fingerprint density at radius 3 is 2.33 bits per heavy atom. The van der Waals surface area contributed by atoms with Gasteiger partial charge < -0.3 is 20.3 Å². The molecule has 7 heteroatoms. The van der Waals surface area contributed by atoms with Gasteiger partial charge in [0.1, 0.15) is 11.5 Å². The Hall–Kier alpha value is -2.73. The minimum absolute atomic E-state index is 0.00678. The molecule has 0 aliphatic rings. The first-order valence-corrected chi connectivity index (χ1v) is 7.39. The Balaban J connectivity index is 2.17. The summed E-state index contributed by atoms with van der Waals surface area (Å²) >= 11 is 5.80. The maximum Gasteiger partial charge on any atom is 0.335 e. The number of carbonyl (C=O) groups is 2. The quantitative estimate of drug-likeness (QED) is 0.717. The summed E-state index contributed by atoms with van der Waals surface area (Å²) in [5.74, 6) is -1.50. The number of amides is 1. The first kappa shape index (κ1) is 17.6. The first-order valence-electron chi connectivity index (χ1n) is 7.01. The molecule has 0 radical (unpaired) electrons. The highest BCUT2D eigenvalue weighted by atomic mass is 35.5. The number of carboxylic acid groups (broad SMARTS) is 1. The van der Waals surface area contributed by atoms with Gasteiger partial charge in [-0.1, -0.05) is 11.6 Å². The van der Waals surface area contributed by atoms with Gasteiger partial charge in [0, 0.05) is 5.02 Å². The van der Waals surface area contributed by atoms with Crippen LogP contribution >= 0.6 is 11.6 Å². The standard InChI is InChI=1S/C17H16ClNO5/c1-17(2,24-12-6-4-11(18)5-7-12)16(23)19-13-9-10(15(21)22)3-8-14(13)20/h3-9,20H,1-2H3,(H,19,23)(H,21,22). The van der Waals surface area contributed by atoms with Crippen LogP contribution in [0.2, 0.25) is 5.02 Å². The van der Waals surface area contributed by atoms with E-state index in [1.807, 2.05) is 0 Å². The maximum absolute atomic E-state index is 12.4. The number of hydrogen-bond acceptors (Lipinski definition) is 4. The van der Waals surface area contributed by atoms with Gasteiger partial charge in [-0.2, -0.15) is 0 Å². The molecule has 0 heterocycles. The van der Waals surface area contributed by atoms with Gasteiger partial charge in [-0.3, -0.25) is 4.79 Å². The van der Waals surface area contributed by atoms with Crippen molar-refractivity contribution in [2.24, 2.45) is 0 Å². The highest BCUT2D eigenvalue weighted by Gasteiger charge is 2.30. The summed E-state index contributed by atoms with van der Waals surface area (Å²) in [6.07, 6.45) is 0. The van der Waals surface area contributed by atoms with Crippen LogP contribution in [0.5, 0.6) is 11.5 Å². The normalized spacial score (nSPS) is 11.0. The summed E-state index contributed by atoms with van der Waals surface area (Å²) < 4.78 is 5.64. The van der Waals surface area contributed by atoms with E-state index in [1.54, 1.807) is 38.1 Å². The van der Waals surface area contributed by atoms with Crippen molar-refractivity contribution in [3.05, 3.63) is 53.1 Å². The van der Waals surface area contributed by atoms with Gasteiger partial charge in [-0.15, -0.1) is 0 Å². The second kappa shape index (κ2) is 6.80. The molecule has 0 saturated heterocycles. The highest BCUT2D eigenvalue weighted by molar-refractivity contribution is 6.30. The largest absolute Gasteiger partial charge is 0.506 e. The zero-order valence-electron chi connectivity index (χ0n) is 13.0. The van der Waals surface area contributed by atoms with Crippen molar-refractivity contribution < 1.29 is 24.5 Å². The van der Waals surface area contributed by atoms with Gasteiger partial charge in [-0.05, 0) is 56.3 Å². The highest BCUT2D eigenvalue weighted by Crippen LogP contribution is 2.27. The van der Waals surface area contributed by atoms with Crippen molar-refractivity contribution in [2.45, 2.75) is 19.4 Å². The van der Waals surface area contributed by atoms with E-state index in [4.69, 9.17) is 21.4 Å². The average Bonchev–Trinajstić information content (AvgIpc) is 2.51. The molecule has 6 nitrogen and oxygen atoms in total. The molecule has 0 aliphatic heterocycles. The Bertz CT molecular complexity index is 771. The number of carbonyl (C=O) groups excluding carboxylic acids is 1. The zero-order chi connectivity index (χ0) is 17.9. The Kier molecular flexibility index (Phi) is 4.99. The van der Waals surface area contributed by atoms with Crippen LogP contribution in [-0.2, 0) is 4.79 Å².